The molecule has 0 N–H and O–H groups in total. The van der Waals surface area contributed by atoms with Gasteiger partial charge < -0.3 is 24.8 Å². The zero-order valence-corrected chi connectivity index (χ0v) is 22.5. The molecule has 0 aromatic heterocycles. The van der Waals surface area contributed by atoms with Gasteiger partial charge in [-0.15, -0.1) is 39.7 Å². The van der Waals surface area contributed by atoms with Crippen molar-refractivity contribution in [3.63, 3.8) is 0 Å². The molecule has 5 aromatic rings. The molecule has 3 heteroatoms. The van der Waals surface area contributed by atoms with E-state index in [4.69, 9.17) is 0 Å². The summed E-state index contributed by atoms with van der Waals surface area (Å²) in [4.78, 5) is 0. The van der Waals surface area contributed by atoms with E-state index in [9.17, 15) is 0 Å². The van der Waals surface area contributed by atoms with Crippen molar-refractivity contribution in [1.82, 2.24) is 0 Å². The molecular formula is C31H23Cl2Zr. The van der Waals surface area contributed by atoms with Crippen molar-refractivity contribution in [1.29, 1.82) is 0 Å². The summed E-state index contributed by atoms with van der Waals surface area (Å²) in [5.41, 5.74) is 5.08. The topological polar surface area (TPSA) is 0 Å². The van der Waals surface area contributed by atoms with Gasteiger partial charge in [0, 0.05) is 0 Å². The van der Waals surface area contributed by atoms with Gasteiger partial charge in [0.25, 0.3) is 0 Å². The van der Waals surface area contributed by atoms with Crippen LogP contribution in [0.15, 0.2) is 145 Å². The molecule has 0 spiro atoms. The van der Waals surface area contributed by atoms with Gasteiger partial charge in [0.05, 0.1) is 0 Å². The van der Waals surface area contributed by atoms with Gasteiger partial charge in [0.2, 0.25) is 0 Å². The molecule has 0 aliphatic heterocycles. The summed E-state index contributed by atoms with van der Waals surface area (Å²) >= 11 is 0. The first-order chi connectivity index (χ1) is 15.4. The van der Waals surface area contributed by atoms with Crippen LogP contribution in [0.3, 0.4) is 0 Å². The minimum Gasteiger partial charge on any atom is -1.00 e. The van der Waals surface area contributed by atoms with Gasteiger partial charge in [-0.25, -0.2) is 0 Å². The fraction of sp³-hybridized carbons (Fsp3) is 0. The maximum atomic E-state index is 2.24. The van der Waals surface area contributed by atoms with E-state index in [1.54, 1.807) is 0 Å². The molecule has 1 aliphatic carbocycles. The number of hydrogen-bond acceptors (Lipinski definition) is 0. The first kappa shape index (κ1) is 27.7. The summed E-state index contributed by atoms with van der Waals surface area (Å²) < 4.78 is 0. The first-order valence-corrected chi connectivity index (χ1v) is 10.6. The van der Waals surface area contributed by atoms with Crippen LogP contribution in [0.1, 0.15) is 11.1 Å². The molecule has 0 heterocycles. The van der Waals surface area contributed by atoms with E-state index in [1.165, 1.54) is 43.8 Å². The fourth-order valence-electron chi connectivity index (χ4n) is 4.15. The van der Waals surface area contributed by atoms with E-state index < -0.39 is 0 Å². The van der Waals surface area contributed by atoms with Gasteiger partial charge in [-0.3, -0.25) is 0 Å². The Kier molecular flexibility index (Phi) is 10.9. The van der Waals surface area contributed by atoms with Crippen LogP contribution >= 0.6 is 0 Å². The molecule has 1 radical (unpaired) electrons. The quantitative estimate of drug-likeness (QED) is 0.293. The average molecular weight is 558 g/mol. The zero-order valence-electron chi connectivity index (χ0n) is 18.5. The molecule has 0 bridgehead atoms. The van der Waals surface area contributed by atoms with Crippen molar-refractivity contribution in [2.75, 3.05) is 0 Å². The largest absolute Gasteiger partial charge is 3.00 e. The van der Waals surface area contributed by atoms with E-state index in [2.05, 4.69) is 140 Å². The smallest absolute Gasteiger partial charge is 1.00 e. The third-order valence-electron chi connectivity index (χ3n) is 5.60. The molecule has 6 rings (SSSR count). The Labute approximate surface area is 233 Å². The van der Waals surface area contributed by atoms with Gasteiger partial charge in [0.1, 0.15) is 0 Å². The van der Waals surface area contributed by atoms with Gasteiger partial charge in [0.15, 0.2) is 0 Å². The molecule has 1 aliphatic rings. The van der Waals surface area contributed by atoms with Crippen LogP contribution < -0.4 is 24.8 Å². The van der Waals surface area contributed by atoms with Gasteiger partial charge in [-0.1, -0.05) is 121 Å². The standard InChI is InChI=1S/C18H14.C13H9.2ClH.Zr/c1-3-9-15(10-4-1)18(17-13-7-8-14-17)16-11-5-2-6-12-16;1-3-7-12-10(5-1)9-11-6-2-4-8-13(11)12;;;/h1-14H;1-9H;2*1H;/q;-1;;;+3/p-2. The third kappa shape index (κ3) is 6.10. The van der Waals surface area contributed by atoms with Crippen molar-refractivity contribution in [2.45, 2.75) is 0 Å². The summed E-state index contributed by atoms with van der Waals surface area (Å²) in [5.74, 6) is 0. The molecule has 0 atom stereocenters. The molecule has 0 nitrogen and oxygen atoms in total. The maximum Gasteiger partial charge on any atom is 3.00 e. The Balaban J connectivity index is 0.000000229. The Morgan fingerprint density at radius 2 is 0.853 bits per heavy atom. The van der Waals surface area contributed by atoms with E-state index in [0.29, 0.717) is 0 Å². The fourth-order valence-corrected chi connectivity index (χ4v) is 4.15. The van der Waals surface area contributed by atoms with Gasteiger partial charge in [-0.05, 0) is 22.3 Å². The number of hydrogen-bond donors (Lipinski definition) is 0. The van der Waals surface area contributed by atoms with Gasteiger partial charge >= 0.3 is 26.2 Å². The second-order valence-electron chi connectivity index (χ2n) is 7.60. The van der Waals surface area contributed by atoms with Crippen LogP contribution in [0.5, 0.6) is 0 Å². The predicted molar refractivity (Wildman–Crippen MR) is 134 cm³/mol. The minimum atomic E-state index is 0. The van der Waals surface area contributed by atoms with Crippen LogP contribution in [-0.2, 0) is 26.2 Å². The monoisotopic (exact) mass is 555 g/mol. The van der Waals surface area contributed by atoms with E-state index in [1.807, 2.05) is 0 Å². The number of fused-ring (bicyclic) bond motifs is 3. The summed E-state index contributed by atoms with van der Waals surface area (Å²) in [6.07, 6.45) is 8.49. The predicted octanol–water partition coefficient (Wildman–Crippen LogP) is 2.33. The van der Waals surface area contributed by atoms with E-state index >= 15 is 0 Å². The Morgan fingerprint density at radius 1 is 0.471 bits per heavy atom. The number of halogens is 2. The normalized spacial score (nSPS) is 11.1. The molecular weight excluding hydrogens is 534 g/mol. The van der Waals surface area contributed by atoms with Crippen LogP contribution in [0.4, 0.5) is 0 Å². The maximum absolute atomic E-state index is 2.24. The number of benzene rings is 4. The second kappa shape index (κ2) is 13.4. The zero-order chi connectivity index (χ0) is 20.9. The number of allylic oxidation sites excluding steroid dienone is 5. The van der Waals surface area contributed by atoms with E-state index in [0.717, 1.165) is 0 Å². The molecule has 0 amide bonds. The third-order valence-corrected chi connectivity index (χ3v) is 5.60. The molecule has 0 saturated carbocycles. The molecule has 165 valence electrons. The Morgan fingerprint density at radius 3 is 1.29 bits per heavy atom. The average Bonchev–Trinajstić information content (AvgIpc) is 3.49. The Bertz CT molecular complexity index is 1310. The van der Waals surface area contributed by atoms with Crippen molar-refractivity contribution in [3.8, 4) is 0 Å². The molecule has 0 unspecified atom stereocenters. The summed E-state index contributed by atoms with van der Waals surface area (Å²) in [5, 5.41) is 5.39. The Hall–Kier alpha value is -2.57. The molecule has 0 fully saturated rings. The van der Waals surface area contributed by atoms with Gasteiger partial charge in [-0.2, -0.15) is 0 Å². The second-order valence-corrected chi connectivity index (χ2v) is 7.60. The number of rotatable bonds is 2. The van der Waals surface area contributed by atoms with Crippen molar-refractivity contribution >= 4 is 27.1 Å². The van der Waals surface area contributed by atoms with Crippen molar-refractivity contribution < 1.29 is 51.0 Å². The SMILES string of the molecule is C1=CC(=C(c2ccccc2)c2ccccc2)C=C1.[Cl-].[Cl-].[Zr+3].c1ccc2c(c1)[cH-]c1ccccc12. The molecule has 5 aromatic carbocycles. The van der Waals surface area contributed by atoms with Crippen LogP contribution in [0, 0.1) is 0 Å². The summed E-state index contributed by atoms with van der Waals surface area (Å²) in [6, 6.07) is 40.4. The summed E-state index contributed by atoms with van der Waals surface area (Å²) in [6.45, 7) is 0. The molecule has 34 heavy (non-hydrogen) atoms. The summed E-state index contributed by atoms with van der Waals surface area (Å²) in [7, 11) is 0. The molecule has 0 saturated heterocycles. The minimum absolute atomic E-state index is 0. The van der Waals surface area contributed by atoms with Crippen LogP contribution in [0.25, 0.3) is 27.1 Å². The van der Waals surface area contributed by atoms with Crippen LogP contribution in [0.2, 0.25) is 0 Å². The first-order valence-electron chi connectivity index (χ1n) is 10.6. The van der Waals surface area contributed by atoms with Crippen LogP contribution in [-0.4, -0.2) is 0 Å². The van der Waals surface area contributed by atoms with Crippen molar-refractivity contribution in [3.05, 3.63) is 156 Å². The van der Waals surface area contributed by atoms with E-state index in [-0.39, 0.29) is 51.0 Å². The van der Waals surface area contributed by atoms with Crippen molar-refractivity contribution in [2.24, 2.45) is 0 Å².